The summed E-state index contributed by atoms with van der Waals surface area (Å²) in [7, 11) is 3.46. The Labute approximate surface area is 110 Å². The summed E-state index contributed by atoms with van der Waals surface area (Å²) < 4.78 is 1.22. The van der Waals surface area contributed by atoms with E-state index < -0.39 is 0 Å². The lowest BCUT2D eigenvalue weighted by molar-refractivity contribution is 0.703. The summed E-state index contributed by atoms with van der Waals surface area (Å²) in [6.45, 7) is 0.676. The predicted molar refractivity (Wildman–Crippen MR) is 73.0 cm³/mol. The smallest absolute Gasteiger partial charge is 0.287 e. The number of aromatic nitrogens is 2. The highest BCUT2D eigenvalue weighted by Gasteiger charge is 2.11. The molecule has 0 amide bonds. The Morgan fingerprint density at radius 1 is 1.33 bits per heavy atom. The van der Waals surface area contributed by atoms with Crippen LogP contribution in [-0.4, -0.2) is 16.8 Å². The van der Waals surface area contributed by atoms with Crippen molar-refractivity contribution in [3.05, 3.63) is 57.5 Å². The van der Waals surface area contributed by atoms with E-state index in [2.05, 4.69) is 5.10 Å². The molecule has 2 rings (SSSR count). The van der Waals surface area contributed by atoms with Gasteiger partial charge in [-0.1, -0.05) is 41.9 Å². The fourth-order valence-corrected chi connectivity index (χ4v) is 2.03. The zero-order valence-electron chi connectivity index (χ0n) is 10.3. The van der Waals surface area contributed by atoms with Crippen LogP contribution < -0.4 is 10.5 Å². The van der Waals surface area contributed by atoms with Gasteiger partial charge >= 0.3 is 0 Å². The van der Waals surface area contributed by atoms with E-state index in [-0.39, 0.29) is 10.6 Å². The van der Waals surface area contributed by atoms with Crippen LogP contribution in [-0.2, 0) is 13.6 Å². The molecule has 0 spiro atoms. The highest BCUT2D eigenvalue weighted by molar-refractivity contribution is 6.32. The second-order valence-electron chi connectivity index (χ2n) is 4.11. The molecule has 0 saturated carbocycles. The number of benzene rings is 1. The van der Waals surface area contributed by atoms with Crippen molar-refractivity contribution in [1.82, 2.24) is 9.78 Å². The minimum Gasteiger partial charge on any atom is -0.368 e. The number of rotatable bonds is 3. The van der Waals surface area contributed by atoms with Crippen LogP contribution in [0.3, 0.4) is 0 Å². The van der Waals surface area contributed by atoms with Gasteiger partial charge in [0, 0.05) is 20.6 Å². The van der Waals surface area contributed by atoms with Gasteiger partial charge in [-0.25, -0.2) is 4.68 Å². The SMILES string of the molecule is CN(Cc1ccccc1)c1cnn(C)c(=O)c1Cl. The Bertz CT molecular complexity index is 595. The molecule has 0 unspecified atom stereocenters. The van der Waals surface area contributed by atoms with E-state index in [0.717, 1.165) is 5.56 Å². The Balaban J connectivity index is 2.27. The average Bonchev–Trinajstić information content (AvgIpc) is 2.37. The third-order valence-electron chi connectivity index (χ3n) is 2.73. The Hall–Kier alpha value is -1.81. The highest BCUT2D eigenvalue weighted by Crippen LogP contribution is 2.21. The maximum Gasteiger partial charge on any atom is 0.287 e. The van der Waals surface area contributed by atoms with E-state index in [9.17, 15) is 4.79 Å². The molecule has 1 aromatic carbocycles. The van der Waals surface area contributed by atoms with E-state index in [1.54, 1.807) is 13.2 Å². The van der Waals surface area contributed by atoms with Crippen LogP contribution in [0, 0.1) is 0 Å². The molecule has 0 aliphatic heterocycles. The fraction of sp³-hybridized carbons (Fsp3) is 0.231. The van der Waals surface area contributed by atoms with E-state index in [4.69, 9.17) is 11.6 Å². The van der Waals surface area contributed by atoms with E-state index in [0.29, 0.717) is 12.2 Å². The summed E-state index contributed by atoms with van der Waals surface area (Å²) in [6.07, 6.45) is 1.60. The van der Waals surface area contributed by atoms with Crippen molar-refractivity contribution in [1.29, 1.82) is 0 Å². The molecule has 0 aliphatic carbocycles. The standard InChI is InChI=1S/C13H14ClN3O/c1-16(9-10-6-4-3-5-7-10)11-8-15-17(2)13(18)12(11)14/h3-8H,9H2,1-2H3. The van der Waals surface area contributed by atoms with Gasteiger partial charge in [0.2, 0.25) is 0 Å². The molecule has 2 aromatic rings. The summed E-state index contributed by atoms with van der Waals surface area (Å²) >= 11 is 6.04. The molecular formula is C13H14ClN3O. The molecule has 1 heterocycles. The van der Waals surface area contributed by atoms with E-state index in [1.807, 2.05) is 42.3 Å². The first-order valence-electron chi connectivity index (χ1n) is 5.56. The number of halogens is 1. The van der Waals surface area contributed by atoms with Crippen molar-refractivity contribution in [3.8, 4) is 0 Å². The summed E-state index contributed by atoms with van der Waals surface area (Å²) in [5.74, 6) is 0. The number of nitrogens with zero attached hydrogens (tertiary/aromatic N) is 3. The normalized spacial score (nSPS) is 10.4. The molecule has 0 N–H and O–H groups in total. The number of hydrogen-bond acceptors (Lipinski definition) is 3. The second-order valence-corrected chi connectivity index (χ2v) is 4.49. The zero-order valence-corrected chi connectivity index (χ0v) is 11.1. The van der Waals surface area contributed by atoms with Crippen LogP contribution in [0.4, 0.5) is 5.69 Å². The van der Waals surface area contributed by atoms with Crippen molar-refractivity contribution in [2.75, 3.05) is 11.9 Å². The minimum absolute atomic E-state index is 0.200. The second kappa shape index (κ2) is 5.23. The molecule has 0 aliphatic rings. The monoisotopic (exact) mass is 263 g/mol. The first-order chi connectivity index (χ1) is 8.59. The molecule has 0 bridgehead atoms. The molecule has 94 valence electrons. The van der Waals surface area contributed by atoms with Gasteiger partial charge in [0.25, 0.3) is 5.56 Å². The molecule has 0 radical (unpaired) electrons. The fourth-order valence-electron chi connectivity index (χ4n) is 1.71. The van der Waals surface area contributed by atoms with Gasteiger partial charge in [0.05, 0.1) is 11.9 Å². The van der Waals surface area contributed by atoms with Crippen LogP contribution >= 0.6 is 11.6 Å². The molecule has 5 heteroatoms. The van der Waals surface area contributed by atoms with Gasteiger partial charge in [0.1, 0.15) is 5.02 Å². The van der Waals surface area contributed by atoms with Crippen molar-refractivity contribution in [2.24, 2.45) is 7.05 Å². The van der Waals surface area contributed by atoms with Gasteiger partial charge in [-0.2, -0.15) is 5.10 Å². The number of aryl methyl sites for hydroxylation is 1. The lowest BCUT2D eigenvalue weighted by atomic mass is 10.2. The molecule has 0 atom stereocenters. The van der Waals surface area contributed by atoms with Crippen molar-refractivity contribution in [3.63, 3.8) is 0 Å². The maximum atomic E-state index is 11.7. The third kappa shape index (κ3) is 2.54. The summed E-state index contributed by atoms with van der Waals surface area (Å²) in [5.41, 5.74) is 1.51. The van der Waals surface area contributed by atoms with Crippen LogP contribution in [0.15, 0.2) is 41.3 Å². The topological polar surface area (TPSA) is 38.1 Å². The van der Waals surface area contributed by atoms with Crippen LogP contribution in [0.25, 0.3) is 0 Å². The van der Waals surface area contributed by atoms with Gasteiger partial charge in [-0.05, 0) is 5.56 Å². The van der Waals surface area contributed by atoms with Gasteiger partial charge in [-0.15, -0.1) is 0 Å². The minimum atomic E-state index is -0.283. The average molecular weight is 264 g/mol. The zero-order chi connectivity index (χ0) is 13.1. The highest BCUT2D eigenvalue weighted by atomic mass is 35.5. The van der Waals surface area contributed by atoms with Gasteiger partial charge in [-0.3, -0.25) is 4.79 Å². The molecule has 0 saturated heterocycles. The predicted octanol–water partition coefficient (Wildman–Crippen LogP) is 2.07. The van der Waals surface area contributed by atoms with Gasteiger partial charge < -0.3 is 4.90 Å². The summed E-state index contributed by atoms with van der Waals surface area (Å²) in [5, 5.41) is 4.18. The lowest BCUT2D eigenvalue weighted by Crippen LogP contribution is -2.25. The van der Waals surface area contributed by atoms with Crippen LogP contribution in [0.5, 0.6) is 0 Å². The summed E-state index contributed by atoms with van der Waals surface area (Å²) in [4.78, 5) is 13.6. The van der Waals surface area contributed by atoms with Gasteiger partial charge in [0.15, 0.2) is 0 Å². The van der Waals surface area contributed by atoms with E-state index in [1.165, 1.54) is 4.68 Å². The summed E-state index contributed by atoms with van der Waals surface area (Å²) in [6, 6.07) is 9.98. The lowest BCUT2D eigenvalue weighted by Gasteiger charge is -2.20. The van der Waals surface area contributed by atoms with Crippen molar-refractivity contribution >= 4 is 17.3 Å². The molecule has 1 aromatic heterocycles. The number of hydrogen-bond donors (Lipinski definition) is 0. The third-order valence-corrected chi connectivity index (χ3v) is 3.09. The Morgan fingerprint density at radius 3 is 2.67 bits per heavy atom. The van der Waals surface area contributed by atoms with Crippen LogP contribution in [0.2, 0.25) is 5.02 Å². The molecule has 4 nitrogen and oxygen atoms in total. The molecular weight excluding hydrogens is 250 g/mol. The molecule has 0 fully saturated rings. The Morgan fingerprint density at radius 2 is 2.00 bits per heavy atom. The largest absolute Gasteiger partial charge is 0.368 e. The van der Waals surface area contributed by atoms with Crippen molar-refractivity contribution in [2.45, 2.75) is 6.54 Å². The first-order valence-corrected chi connectivity index (χ1v) is 5.94. The number of anilines is 1. The maximum absolute atomic E-state index is 11.7. The quantitative estimate of drug-likeness (QED) is 0.851. The molecule has 18 heavy (non-hydrogen) atoms. The Kier molecular flexibility index (Phi) is 3.67. The van der Waals surface area contributed by atoms with E-state index >= 15 is 0 Å². The van der Waals surface area contributed by atoms with Crippen molar-refractivity contribution < 1.29 is 0 Å². The first kappa shape index (κ1) is 12.6. The van der Waals surface area contributed by atoms with Crippen LogP contribution in [0.1, 0.15) is 5.56 Å².